The highest BCUT2D eigenvalue weighted by Gasteiger charge is 2.28. The van der Waals surface area contributed by atoms with Crippen molar-refractivity contribution in [3.8, 4) is 0 Å². The number of allylic oxidation sites excluding steroid dienone is 1. The van der Waals surface area contributed by atoms with Crippen molar-refractivity contribution >= 4 is 0 Å². The molecule has 1 rings (SSSR count). The van der Waals surface area contributed by atoms with Crippen molar-refractivity contribution in [2.45, 2.75) is 33.6 Å². The van der Waals surface area contributed by atoms with Crippen LogP contribution in [0.2, 0.25) is 0 Å². The van der Waals surface area contributed by atoms with Crippen LogP contribution < -0.4 is 0 Å². The summed E-state index contributed by atoms with van der Waals surface area (Å²) < 4.78 is 0. The minimum atomic E-state index is 0.289. The van der Waals surface area contributed by atoms with E-state index in [2.05, 4.69) is 33.8 Å². The van der Waals surface area contributed by atoms with Crippen molar-refractivity contribution in [3.63, 3.8) is 0 Å². The summed E-state index contributed by atoms with van der Waals surface area (Å²) in [5, 5.41) is 0. The Morgan fingerprint density at radius 1 is 1.60 bits per heavy atom. The Morgan fingerprint density at radius 3 is 2.60 bits per heavy atom. The molecule has 0 aliphatic heterocycles. The van der Waals surface area contributed by atoms with Crippen LogP contribution in [0.1, 0.15) is 33.6 Å². The van der Waals surface area contributed by atoms with Gasteiger partial charge in [0.25, 0.3) is 0 Å². The van der Waals surface area contributed by atoms with E-state index in [9.17, 15) is 0 Å². The third kappa shape index (κ3) is 1.42. The first-order valence-electron chi connectivity index (χ1n) is 4.06. The molecule has 0 amide bonds. The highest BCUT2D eigenvalue weighted by molar-refractivity contribution is 5.17. The van der Waals surface area contributed by atoms with E-state index in [0.29, 0.717) is 0 Å². The molecule has 1 fully saturated rings. The topological polar surface area (TPSA) is 0 Å². The Morgan fingerprint density at radius 2 is 2.20 bits per heavy atom. The molecule has 1 atom stereocenters. The zero-order valence-electron chi connectivity index (χ0n) is 7.28. The van der Waals surface area contributed by atoms with Crippen LogP contribution in [0, 0.1) is 17.8 Å². The Bertz CT molecular complexity index is 142. The second kappa shape index (κ2) is 2.41. The monoisotopic (exact) mass is 137 g/mol. The molecular weight excluding hydrogens is 120 g/mol. The standard InChI is InChI=1S/C10H17/c1-8-5-6-9(2)10(3,4)7-8/h7-8H,2,5-6H2,1,3-4H3. The molecule has 1 saturated carbocycles. The summed E-state index contributed by atoms with van der Waals surface area (Å²) in [7, 11) is 0. The van der Waals surface area contributed by atoms with Gasteiger partial charge in [0.1, 0.15) is 0 Å². The molecule has 10 heavy (non-hydrogen) atoms. The first-order valence-corrected chi connectivity index (χ1v) is 4.06. The lowest BCUT2D eigenvalue weighted by Crippen LogP contribution is -2.24. The predicted molar refractivity (Wildman–Crippen MR) is 45.6 cm³/mol. The zero-order valence-corrected chi connectivity index (χ0v) is 7.28. The summed E-state index contributed by atoms with van der Waals surface area (Å²) in [6, 6.07) is 0. The largest absolute Gasteiger partial charge is 0.0993 e. The van der Waals surface area contributed by atoms with Crippen LogP contribution in [0.5, 0.6) is 0 Å². The van der Waals surface area contributed by atoms with Gasteiger partial charge in [0.15, 0.2) is 0 Å². The molecule has 0 heterocycles. The molecule has 0 heteroatoms. The van der Waals surface area contributed by atoms with Gasteiger partial charge in [-0.1, -0.05) is 32.9 Å². The molecule has 1 aliphatic carbocycles. The first kappa shape index (κ1) is 7.84. The van der Waals surface area contributed by atoms with E-state index < -0.39 is 0 Å². The van der Waals surface area contributed by atoms with E-state index in [4.69, 9.17) is 0 Å². The molecule has 57 valence electrons. The number of rotatable bonds is 0. The zero-order chi connectivity index (χ0) is 7.78. The summed E-state index contributed by atoms with van der Waals surface area (Å²) in [5.74, 6) is 0.778. The average Bonchev–Trinajstić information content (AvgIpc) is 1.78. The maximum absolute atomic E-state index is 4.07. The molecule has 0 aromatic rings. The van der Waals surface area contributed by atoms with Gasteiger partial charge in [0.05, 0.1) is 0 Å². The lowest BCUT2D eigenvalue weighted by molar-refractivity contribution is 0.372. The van der Waals surface area contributed by atoms with Crippen molar-refractivity contribution in [1.29, 1.82) is 0 Å². The fourth-order valence-corrected chi connectivity index (χ4v) is 1.64. The van der Waals surface area contributed by atoms with E-state index in [1.54, 1.807) is 0 Å². The summed E-state index contributed by atoms with van der Waals surface area (Å²) in [4.78, 5) is 0. The first-order chi connectivity index (χ1) is 4.52. The van der Waals surface area contributed by atoms with E-state index in [1.165, 1.54) is 18.4 Å². The molecule has 0 aromatic carbocycles. The molecule has 0 spiro atoms. The van der Waals surface area contributed by atoms with E-state index in [0.717, 1.165) is 5.92 Å². The van der Waals surface area contributed by atoms with Gasteiger partial charge in [-0.05, 0) is 30.6 Å². The van der Waals surface area contributed by atoms with E-state index in [1.807, 2.05) is 0 Å². The molecule has 0 aromatic heterocycles. The van der Waals surface area contributed by atoms with E-state index in [-0.39, 0.29) is 5.41 Å². The predicted octanol–water partition coefficient (Wildman–Crippen LogP) is 3.20. The van der Waals surface area contributed by atoms with Gasteiger partial charge in [-0.3, -0.25) is 0 Å². The van der Waals surface area contributed by atoms with Gasteiger partial charge >= 0.3 is 0 Å². The number of hydrogen-bond acceptors (Lipinski definition) is 0. The molecule has 0 bridgehead atoms. The van der Waals surface area contributed by atoms with Gasteiger partial charge in [0, 0.05) is 0 Å². The summed E-state index contributed by atoms with van der Waals surface area (Å²) in [5.41, 5.74) is 1.68. The van der Waals surface area contributed by atoms with Gasteiger partial charge in [-0.15, -0.1) is 0 Å². The van der Waals surface area contributed by atoms with Crippen LogP contribution in [0.3, 0.4) is 0 Å². The number of hydrogen-bond donors (Lipinski definition) is 0. The van der Waals surface area contributed by atoms with Crippen LogP contribution in [0.15, 0.2) is 12.2 Å². The molecule has 1 aliphatic rings. The van der Waals surface area contributed by atoms with Crippen molar-refractivity contribution in [2.24, 2.45) is 11.3 Å². The summed E-state index contributed by atoms with van der Waals surface area (Å²) >= 11 is 0. The molecule has 0 saturated heterocycles. The fraction of sp³-hybridized carbons (Fsp3) is 0.700. The maximum Gasteiger partial charge on any atom is -0.0114 e. The van der Waals surface area contributed by atoms with Gasteiger partial charge in [-0.2, -0.15) is 0 Å². The Balaban J connectivity index is 2.63. The van der Waals surface area contributed by atoms with Crippen molar-refractivity contribution < 1.29 is 0 Å². The molecule has 1 unspecified atom stereocenters. The lowest BCUT2D eigenvalue weighted by Gasteiger charge is -2.35. The minimum absolute atomic E-state index is 0.289. The molecular formula is C10H17. The van der Waals surface area contributed by atoms with Crippen LogP contribution in [-0.4, -0.2) is 0 Å². The van der Waals surface area contributed by atoms with Crippen molar-refractivity contribution in [2.75, 3.05) is 0 Å². The fourth-order valence-electron chi connectivity index (χ4n) is 1.64. The van der Waals surface area contributed by atoms with Gasteiger partial charge in [-0.25, -0.2) is 0 Å². The summed E-state index contributed by atoms with van der Waals surface area (Å²) in [6.07, 6.45) is 4.92. The lowest BCUT2D eigenvalue weighted by atomic mass is 9.70. The molecule has 1 radical (unpaired) electrons. The average molecular weight is 137 g/mol. The molecule has 0 nitrogen and oxygen atoms in total. The minimum Gasteiger partial charge on any atom is -0.0993 e. The van der Waals surface area contributed by atoms with Crippen molar-refractivity contribution in [1.82, 2.24) is 0 Å². The maximum atomic E-state index is 4.07. The van der Waals surface area contributed by atoms with E-state index >= 15 is 0 Å². The normalized spacial score (nSPS) is 32.3. The Labute approximate surface area is 64.3 Å². The van der Waals surface area contributed by atoms with Gasteiger partial charge in [0.2, 0.25) is 0 Å². The second-order valence-corrected chi connectivity index (χ2v) is 4.01. The Hall–Kier alpha value is -0.260. The molecule has 0 N–H and O–H groups in total. The van der Waals surface area contributed by atoms with Crippen LogP contribution in [0.4, 0.5) is 0 Å². The summed E-state index contributed by atoms with van der Waals surface area (Å²) in [6.45, 7) is 10.9. The van der Waals surface area contributed by atoms with Crippen LogP contribution >= 0.6 is 0 Å². The third-order valence-corrected chi connectivity index (χ3v) is 2.51. The van der Waals surface area contributed by atoms with Crippen LogP contribution in [-0.2, 0) is 0 Å². The van der Waals surface area contributed by atoms with Crippen LogP contribution in [0.25, 0.3) is 0 Å². The second-order valence-electron chi connectivity index (χ2n) is 4.01. The highest BCUT2D eigenvalue weighted by Crippen LogP contribution is 2.40. The van der Waals surface area contributed by atoms with Crippen molar-refractivity contribution in [3.05, 3.63) is 18.6 Å². The van der Waals surface area contributed by atoms with Gasteiger partial charge < -0.3 is 0 Å². The smallest absolute Gasteiger partial charge is 0.0114 e. The SMILES string of the molecule is C=C1CCC(C)[CH]C1(C)C. The Kier molecular flexibility index (Phi) is 1.89. The highest BCUT2D eigenvalue weighted by atomic mass is 14.3. The quantitative estimate of drug-likeness (QED) is 0.450. The third-order valence-electron chi connectivity index (χ3n) is 2.51.